The van der Waals surface area contributed by atoms with Crippen molar-refractivity contribution in [3.8, 4) is 0 Å². The van der Waals surface area contributed by atoms with E-state index in [-0.39, 0.29) is 5.54 Å². The summed E-state index contributed by atoms with van der Waals surface area (Å²) < 4.78 is 0. The summed E-state index contributed by atoms with van der Waals surface area (Å²) in [4.78, 5) is 4.61. The molecule has 2 rings (SSSR count). The molecule has 0 aromatic carbocycles. The van der Waals surface area contributed by atoms with Gasteiger partial charge in [0.15, 0.2) is 0 Å². The lowest BCUT2D eigenvalue weighted by atomic mass is 9.74. The van der Waals surface area contributed by atoms with Crippen molar-refractivity contribution in [2.75, 3.05) is 0 Å². The maximum Gasteiger partial charge on any atom is 0.113 e. The number of hydrogen-bond donors (Lipinski definition) is 1. The summed E-state index contributed by atoms with van der Waals surface area (Å²) in [5.41, 5.74) is 7.58. The smallest absolute Gasteiger partial charge is 0.113 e. The topological polar surface area (TPSA) is 38.9 Å². The average Bonchev–Trinajstić information content (AvgIpc) is 2.64. The first-order chi connectivity index (χ1) is 7.99. The maximum atomic E-state index is 6.61. The van der Waals surface area contributed by atoms with Crippen molar-refractivity contribution in [2.45, 2.75) is 58.4 Å². The molecule has 1 aliphatic rings. The van der Waals surface area contributed by atoms with Gasteiger partial charge in [0, 0.05) is 11.1 Å². The molecule has 1 fully saturated rings. The Morgan fingerprint density at radius 3 is 2.94 bits per heavy atom. The van der Waals surface area contributed by atoms with Crippen LogP contribution in [0.4, 0.5) is 0 Å². The van der Waals surface area contributed by atoms with Crippen molar-refractivity contribution in [1.29, 1.82) is 0 Å². The van der Waals surface area contributed by atoms with E-state index in [1.165, 1.54) is 19.3 Å². The van der Waals surface area contributed by atoms with Gasteiger partial charge in [-0.25, -0.2) is 4.98 Å². The minimum absolute atomic E-state index is 0.142. The zero-order valence-electron chi connectivity index (χ0n) is 11.2. The minimum atomic E-state index is -0.142. The molecule has 1 aromatic heterocycles. The van der Waals surface area contributed by atoms with Crippen molar-refractivity contribution in [3.05, 3.63) is 16.1 Å². The monoisotopic (exact) mass is 252 g/mol. The summed E-state index contributed by atoms with van der Waals surface area (Å²) in [6.07, 6.45) is 6.14. The molecule has 1 aromatic rings. The van der Waals surface area contributed by atoms with E-state index >= 15 is 0 Å². The van der Waals surface area contributed by atoms with E-state index < -0.39 is 0 Å². The van der Waals surface area contributed by atoms with E-state index in [2.05, 4.69) is 31.1 Å². The third kappa shape index (κ3) is 3.08. The third-order valence-electron chi connectivity index (χ3n) is 3.74. The van der Waals surface area contributed by atoms with Gasteiger partial charge >= 0.3 is 0 Å². The lowest BCUT2D eigenvalue weighted by molar-refractivity contribution is 0.202. The molecule has 1 saturated carbocycles. The van der Waals surface area contributed by atoms with Crippen molar-refractivity contribution in [1.82, 2.24) is 4.98 Å². The van der Waals surface area contributed by atoms with E-state index in [1.807, 2.05) is 0 Å². The van der Waals surface area contributed by atoms with Crippen LogP contribution in [-0.2, 0) is 5.54 Å². The van der Waals surface area contributed by atoms with Gasteiger partial charge in [0.2, 0.25) is 0 Å². The molecular weight excluding hydrogens is 228 g/mol. The summed E-state index contributed by atoms with van der Waals surface area (Å²) in [6.45, 7) is 6.67. The molecule has 0 spiro atoms. The van der Waals surface area contributed by atoms with Crippen molar-refractivity contribution >= 4 is 11.3 Å². The van der Waals surface area contributed by atoms with Crippen LogP contribution in [0.3, 0.4) is 0 Å². The molecule has 17 heavy (non-hydrogen) atoms. The molecular formula is C14H24N2S. The Bertz CT molecular complexity index is 372. The highest BCUT2D eigenvalue weighted by Gasteiger charge is 2.36. The number of nitrogens with two attached hydrogens (primary N) is 1. The van der Waals surface area contributed by atoms with E-state index in [0.29, 0.717) is 0 Å². The highest BCUT2D eigenvalue weighted by Crippen LogP contribution is 2.41. The third-order valence-corrected chi connectivity index (χ3v) is 4.92. The number of nitrogens with zero attached hydrogens (tertiary/aromatic N) is 1. The number of rotatable bonds is 3. The highest BCUT2D eigenvalue weighted by molar-refractivity contribution is 7.09. The number of aryl methyl sites for hydroxylation is 1. The quantitative estimate of drug-likeness (QED) is 0.887. The maximum absolute atomic E-state index is 6.61. The van der Waals surface area contributed by atoms with Gasteiger partial charge in [-0.1, -0.05) is 26.7 Å². The Kier molecular flexibility index (Phi) is 3.88. The molecule has 2 unspecified atom stereocenters. The molecule has 0 aliphatic heterocycles. The molecule has 2 nitrogen and oxygen atoms in total. The van der Waals surface area contributed by atoms with Crippen LogP contribution in [0.2, 0.25) is 0 Å². The van der Waals surface area contributed by atoms with Crippen LogP contribution in [-0.4, -0.2) is 4.98 Å². The summed E-state index contributed by atoms with van der Waals surface area (Å²) in [5, 5.41) is 3.28. The first kappa shape index (κ1) is 13.0. The first-order valence-corrected chi connectivity index (χ1v) is 7.59. The summed E-state index contributed by atoms with van der Waals surface area (Å²) in [5.74, 6) is 1.57. The molecule has 0 amide bonds. The average molecular weight is 252 g/mol. The van der Waals surface area contributed by atoms with E-state index in [4.69, 9.17) is 5.73 Å². The number of hydrogen-bond acceptors (Lipinski definition) is 3. The normalized spacial score (nSPS) is 29.8. The van der Waals surface area contributed by atoms with Gasteiger partial charge in [0.25, 0.3) is 0 Å². The second kappa shape index (κ2) is 5.07. The molecule has 96 valence electrons. The van der Waals surface area contributed by atoms with Crippen molar-refractivity contribution < 1.29 is 0 Å². The lowest BCUT2D eigenvalue weighted by Crippen LogP contribution is -2.41. The molecule has 1 aliphatic carbocycles. The lowest BCUT2D eigenvalue weighted by Gasteiger charge is -2.37. The first-order valence-electron chi connectivity index (χ1n) is 6.71. The number of thiazole rings is 1. The molecule has 0 bridgehead atoms. The van der Waals surface area contributed by atoms with Crippen LogP contribution in [0, 0.1) is 18.8 Å². The molecule has 0 radical (unpaired) electrons. The number of aromatic nitrogens is 1. The van der Waals surface area contributed by atoms with Gasteiger partial charge in [0.05, 0.1) is 5.54 Å². The SMILES string of the molecule is Cc1csc(C2(N)CCCC(CC(C)C)C2)n1. The largest absolute Gasteiger partial charge is 0.319 e. The zero-order valence-corrected chi connectivity index (χ0v) is 12.0. The van der Waals surface area contributed by atoms with Crippen LogP contribution in [0.1, 0.15) is 56.7 Å². The summed E-state index contributed by atoms with van der Waals surface area (Å²) in [7, 11) is 0. The predicted molar refractivity (Wildman–Crippen MR) is 74.1 cm³/mol. The second-order valence-electron chi connectivity index (χ2n) is 6.04. The van der Waals surface area contributed by atoms with Gasteiger partial charge in [-0.2, -0.15) is 0 Å². The Morgan fingerprint density at radius 1 is 1.59 bits per heavy atom. The zero-order chi connectivity index (χ0) is 12.5. The molecule has 1 heterocycles. The van der Waals surface area contributed by atoms with Crippen molar-refractivity contribution in [3.63, 3.8) is 0 Å². The predicted octanol–water partition coefficient (Wildman–Crippen LogP) is 3.84. The minimum Gasteiger partial charge on any atom is -0.319 e. The van der Waals surface area contributed by atoms with Gasteiger partial charge in [-0.05, 0) is 38.0 Å². The van der Waals surface area contributed by atoms with Crippen LogP contribution in [0.25, 0.3) is 0 Å². The van der Waals surface area contributed by atoms with Crippen LogP contribution < -0.4 is 5.73 Å². The van der Waals surface area contributed by atoms with Gasteiger partial charge in [-0.15, -0.1) is 11.3 Å². The van der Waals surface area contributed by atoms with Gasteiger partial charge in [0.1, 0.15) is 5.01 Å². The fourth-order valence-corrected chi connectivity index (χ4v) is 4.02. The van der Waals surface area contributed by atoms with E-state index in [1.54, 1.807) is 11.3 Å². The van der Waals surface area contributed by atoms with Crippen molar-refractivity contribution in [2.24, 2.45) is 17.6 Å². The highest BCUT2D eigenvalue weighted by atomic mass is 32.1. The molecule has 2 atom stereocenters. The Hall–Kier alpha value is -0.410. The second-order valence-corrected chi connectivity index (χ2v) is 6.90. The van der Waals surface area contributed by atoms with E-state index in [9.17, 15) is 0 Å². The molecule has 0 saturated heterocycles. The van der Waals surface area contributed by atoms with E-state index in [0.717, 1.165) is 35.4 Å². The van der Waals surface area contributed by atoms with Crippen LogP contribution >= 0.6 is 11.3 Å². The summed E-state index contributed by atoms with van der Waals surface area (Å²) in [6, 6.07) is 0. The Labute approximate surface area is 109 Å². The fourth-order valence-electron chi connectivity index (χ4n) is 3.07. The molecule has 2 N–H and O–H groups in total. The molecule has 3 heteroatoms. The van der Waals surface area contributed by atoms with Gasteiger partial charge in [-0.3, -0.25) is 0 Å². The Morgan fingerprint density at radius 2 is 2.35 bits per heavy atom. The summed E-state index contributed by atoms with van der Waals surface area (Å²) >= 11 is 1.74. The fraction of sp³-hybridized carbons (Fsp3) is 0.786. The Balaban J connectivity index is 2.09. The van der Waals surface area contributed by atoms with Crippen LogP contribution in [0.15, 0.2) is 5.38 Å². The van der Waals surface area contributed by atoms with Crippen LogP contribution in [0.5, 0.6) is 0 Å². The standard InChI is InChI=1S/C14H24N2S/c1-10(2)7-12-5-4-6-14(15,8-12)13-16-11(3)9-17-13/h9-10,12H,4-8,15H2,1-3H3. The van der Waals surface area contributed by atoms with Gasteiger partial charge < -0.3 is 5.73 Å².